The van der Waals surface area contributed by atoms with E-state index in [-0.39, 0.29) is 11.4 Å². The zero-order chi connectivity index (χ0) is 14.8. The first-order valence-corrected chi connectivity index (χ1v) is 6.31. The Morgan fingerprint density at radius 3 is 2.40 bits per heavy atom. The van der Waals surface area contributed by atoms with E-state index >= 15 is 0 Å². The SMILES string of the molecule is CC(F)(P)c1cnc(C(=O)Nc2ccc(F)cc2)cn1. The third kappa shape index (κ3) is 3.54. The van der Waals surface area contributed by atoms with Gasteiger partial charge in [0.15, 0.2) is 5.41 Å². The smallest absolute Gasteiger partial charge is 0.275 e. The van der Waals surface area contributed by atoms with Gasteiger partial charge in [-0.15, -0.1) is 0 Å². The number of benzene rings is 1. The number of nitrogens with zero attached hydrogens (tertiary/aromatic N) is 2. The highest BCUT2D eigenvalue weighted by molar-refractivity contribution is 7.18. The molecule has 2 unspecified atom stereocenters. The van der Waals surface area contributed by atoms with Crippen molar-refractivity contribution in [3.63, 3.8) is 0 Å². The molecular formula is C13H12F2N3OP. The summed E-state index contributed by atoms with van der Waals surface area (Å²) >= 11 is 0. The number of rotatable bonds is 3. The third-order valence-corrected chi connectivity index (χ3v) is 2.78. The summed E-state index contributed by atoms with van der Waals surface area (Å²) in [6.07, 6.45) is 2.39. The van der Waals surface area contributed by atoms with E-state index in [1.807, 2.05) is 9.24 Å². The molecule has 0 saturated heterocycles. The Bertz CT molecular complexity index is 609. The van der Waals surface area contributed by atoms with Crippen molar-refractivity contribution < 1.29 is 13.6 Å². The summed E-state index contributed by atoms with van der Waals surface area (Å²) in [5, 5.41) is 0.841. The van der Waals surface area contributed by atoms with E-state index in [4.69, 9.17) is 0 Å². The van der Waals surface area contributed by atoms with Crippen LogP contribution < -0.4 is 5.32 Å². The number of alkyl halides is 1. The molecule has 7 heteroatoms. The van der Waals surface area contributed by atoms with E-state index in [2.05, 4.69) is 15.3 Å². The van der Waals surface area contributed by atoms with Crippen LogP contribution >= 0.6 is 9.24 Å². The van der Waals surface area contributed by atoms with Crippen LogP contribution in [-0.4, -0.2) is 15.9 Å². The van der Waals surface area contributed by atoms with Crippen molar-refractivity contribution in [1.29, 1.82) is 0 Å². The number of anilines is 1. The van der Waals surface area contributed by atoms with E-state index in [0.717, 1.165) is 0 Å². The first kappa shape index (κ1) is 14.5. The third-order valence-electron chi connectivity index (χ3n) is 2.49. The zero-order valence-electron chi connectivity index (χ0n) is 10.6. The molecule has 0 aliphatic heterocycles. The van der Waals surface area contributed by atoms with Gasteiger partial charge in [0.2, 0.25) is 0 Å². The first-order chi connectivity index (χ1) is 9.36. The van der Waals surface area contributed by atoms with Gasteiger partial charge in [-0.05, 0) is 31.2 Å². The quantitative estimate of drug-likeness (QED) is 0.886. The molecule has 0 bridgehead atoms. The Morgan fingerprint density at radius 1 is 1.25 bits per heavy atom. The molecule has 1 aromatic heterocycles. The molecule has 1 aromatic carbocycles. The number of nitrogens with one attached hydrogen (secondary N) is 1. The van der Waals surface area contributed by atoms with E-state index in [1.165, 1.54) is 43.6 Å². The molecule has 0 fully saturated rings. The molecule has 0 aliphatic rings. The highest BCUT2D eigenvalue weighted by atomic mass is 31.0. The fourth-order valence-corrected chi connectivity index (χ4v) is 1.58. The van der Waals surface area contributed by atoms with E-state index in [1.54, 1.807) is 0 Å². The lowest BCUT2D eigenvalue weighted by atomic mass is 10.3. The number of hydrogen-bond donors (Lipinski definition) is 1. The minimum atomic E-state index is -1.70. The van der Waals surface area contributed by atoms with Crippen LogP contribution in [0.15, 0.2) is 36.7 Å². The average molecular weight is 295 g/mol. The number of amides is 1. The Hall–Kier alpha value is -1.94. The van der Waals surface area contributed by atoms with Crippen molar-refractivity contribution in [2.75, 3.05) is 5.32 Å². The van der Waals surface area contributed by atoms with Gasteiger partial charge in [0, 0.05) is 5.69 Å². The molecule has 0 aliphatic carbocycles. The molecule has 0 spiro atoms. The van der Waals surface area contributed by atoms with Gasteiger partial charge in [-0.3, -0.25) is 9.78 Å². The van der Waals surface area contributed by atoms with Crippen LogP contribution in [0, 0.1) is 5.82 Å². The van der Waals surface area contributed by atoms with Crippen LogP contribution in [-0.2, 0) is 5.41 Å². The fraction of sp³-hybridized carbons (Fsp3) is 0.154. The zero-order valence-corrected chi connectivity index (χ0v) is 11.8. The summed E-state index contributed by atoms with van der Waals surface area (Å²) < 4.78 is 26.3. The number of aromatic nitrogens is 2. The standard InChI is InChI=1S/C13H12F2N3OP/c1-13(15,20)11-7-16-10(6-17-11)12(19)18-9-4-2-8(14)3-5-9/h2-7H,20H2,1H3,(H,18,19). The Morgan fingerprint density at radius 2 is 1.90 bits per heavy atom. The van der Waals surface area contributed by atoms with Crippen molar-refractivity contribution in [2.24, 2.45) is 0 Å². The van der Waals surface area contributed by atoms with Gasteiger partial charge < -0.3 is 5.32 Å². The van der Waals surface area contributed by atoms with E-state index in [0.29, 0.717) is 5.69 Å². The fourth-order valence-electron chi connectivity index (χ4n) is 1.43. The maximum atomic E-state index is 13.6. The molecule has 2 atom stereocenters. The molecule has 2 rings (SSSR count). The Kier molecular flexibility index (Phi) is 4.04. The van der Waals surface area contributed by atoms with Crippen LogP contribution in [0.5, 0.6) is 0 Å². The van der Waals surface area contributed by atoms with Crippen LogP contribution in [0.2, 0.25) is 0 Å². The molecule has 0 saturated carbocycles. The van der Waals surface area contributed by atoms with Gasteiger partial charge in [0.05, 0.1) is 18.1 Å². The normalized spacial score (nSPS) is 13.6. The summed E-state index contributed by atoms with van der Waals surface area (Å²) in [6, 6.07) is 5.31. The summed E-state index contributed by atoms with van der Waals surface area (Å²) in [5.41, 5.74) is 0.594. The first-order valence-electron chi connectivity index (χ1n) is 5.73. The number of hydrogen-bond acceptors (Lipinski definition) is 3. The molecule has 20 heavy (non-hydrogen) atoms. The molecule has 0 radical (unpaired) electrons. The molecule has 2 aromatic rings. The van der Waals surface area contributed by atoms with Crippen LogP contribution in [0.3, 0.4) is 0 Å². The van der Waals surface area contributed by atoms with Gasteiger partial charge in [-0.2, -0.15) is 0 Å². The van der Waals surface area contributed by atoms with Crippen molar-refractivity contribution in [1.82, 2.24) is 9.97 Å². The van der Waals surface area contributed by atoms with Crippen LogP contribution in [0.25, 0.3) is 0 Å². The van der Waals surface area contributed by atoms with Crippen LogP contribution in [0.4, 0.5) is 14.5 Å². The van der Waals surface area contributed by atoms with Crippen molar-refractivity contribution in [3.05, 3.63) is 53.9 Å². The molecule has 1 N–H and O–H groups in total. The minimum Gasteiger partial charge on any atom is -0.321 e. The second-order valence-corrected chi connectivity index (χ2v) is 5.41. The predicted octanol–water partition coefficient (Wildman–Crippen LogP) is 2.89. The largest absolute Gasteiger partial charge is 0.321 e. The second kappa shape index (κ2) is 5.59. The van der Waals surface area contributed by atoms with Gasteiger partial charge in [0.25, 0.3) is 5.91 Å². The molecule has 1 amide bonds. The van der Waals surface area contributed by atoms with Gasteiger partial charge in [-0.1, -0.05) is 9.24 Å². The number of carbonyl (C=O) groups is 1. The highest BCUT2D eigenvalue weighted by Gasteiger charge is 2.21. The average Bonchev–Trinajstić information content (AvgIpc) is 2.40. The molecule has 4 nitrogen and oxygen atoms in total. The van der Waals surface area contributed by atoms with Crippen molar-refractivity contribution in [3.8, 4) is 0 Å². The highest BCUT2D eigenvalue weighted by Crippen LogP contribution is 2.30. The maximum Gasteiger partial charge on any atom is 0.275 e. The van der Waals surface area contributed by atoms with E-state index < -0.39 is 17.1 Å². The van der Waals surface area contributed by atoms with Crippen molar-refractivity contribution in [2.45, 2.75) is 12.3 Å². The molecular weight excluding hydrogens is 283 g/mol. The lowest BCUT2D eigenvalue weighted by Gasteiger charge is -2.12. The number of carbonyl (C=O) groups excluding carboxylic acids is 1. The summed E-state index contributed by atoms with van der Waals surface area (Å²) in [5.74, 6) is -0.894. The second-order valence-electron chi connectivity index (χ2n) is 4.32. The summed E-state index contributed by atoms with van der Waals surface area (Å²) in [7, 11) is 2.00. The topological polar surface area (TPSA) is 54.9 Å². The minimum absolute atomic E-state index is 0.0484. The molecule has 104 valence electrons. The lowest BCUT2D eigenvalue weighted by Crippen LogP contribution is -2.16. The Labute approximate surface area is 116 Å². The lowest BCUT2D eigenvalue weighted by molar-refractivity contribution is 0.102. The predicted molar refractivity (Wildman–Crippen MR) is 74.6 cm³/mol. The maximum absolute atomic E-state index is 13.6. The summed E-state index contributed by atoms with van der Waals surface area (Å²) in [6.45, 7) is 1.32. The monoisotopic (exact) mass is 295 g/mol. The Balaban J connectivity index is 2.11. The van der Waals surface area contributed by atoms with Gasteiger partial charge >= 0.3 is 0 Å². The number of halogens is 2. The summed E-state index contributed by atoms with van der Waals surface area (Å²) in [4.78, 5) is 19.6. The van der Waals surface area contributed by atoms with Gasteiger partial charge in [0.1, 0.15) is 11.5 Å². The van der Waals surface area contributed by atoms with E-state index in [9.17, 15) is 13.6 Å². The van der Waals surface area contributed by atoms with Crippen molar-refractivity contribution >= 4 is 20.8 Å². The molecule has 1 heterocycles. The van der Waals surface area contributed by atoms with Gasteiger partial charge in [-0.25, -0.2) is 13.8 Å². The van der Waals surface area contributed by atoms with Crippen LogP contribution in [0.1, 0.15) is 23.1 Å².